The summed E-state index contributed by atoms with van der Waals surface area (Å²) in [6.07, 6.45) is -6.75. The highest BCUT2D eigenvalue weighted by atomic mass is 19.4. The molecule has 4 atom stereocenters. The number of ether oxygens (including phenoxy) is 1. The van der Waals surface area contributed by atoms with E-state index in [1.807, 2.05) is 7.05 Å². The molecule has 4 rings (SSSR count). The molecule has 0 saturated heterocycles. The van der Waals surface area contributed by atoms with Gasteiger partial charge in [0.15, 0.2) is 5.78 Å². The molecule has 39 heavy (non-hydrogen) atoms. The minimum absolute atomic E-state index is 0.0930. The normalized spacial score (nSPS) is 23.1. The molecule has 0 aliphatic heterocycles. The van der Waals surface area contributed by atoms with Gasteiger partial charge in [0.05, 0.1) is 23.3 Å². The number of alkyl halides is 6. The van der Waals surface area contributed by atoms with Gasteiger partial charge in [-0.15, -0.1) is 0 Å². The van der Waals surface area contributed by atoms with Crippen molar-refractivity contribution < 1.29 is 40.3 Å². The topological polar surface area (TPSA) is 29.5 Å². The molecule has 0 radical (unpaired) electrons. The van der Waals surface area contributed by atoms with Crippen LogP contribution < -0.4 is 0 Å². The third-order valence-corrected chi connectivity index (χ3v) is 7.63. The largest absolute Gasteiger partial charge is 0.416 e. The van der Waals surface area contributed by atoms with Gasteiger partial charge in [-0.3, -0.25) is 4.79 Å². The first kappa shape index (κ1) is 29.1. The Morgan fingerprint density at radius 2 is 1.56 bits per heavy atom. The van der Waals surface area contributed by atoms with Gasteiger partial charge in [0, 0.05) is 37.7 Å². The quantitative estimate of drug-likeness (QED) is 0.323. The van der Waals surface area contributed by atoms with Crippen LogP contribution in [-0.2, 0) is 21.9 Å². The lowest BCUT2D eigenvalue weighted by Crippen LogP contribution is -2.35. The molecule has 10 heteroatoms. The first-order valence-corrected chi connectivity index (χ1v) is 12.9. The van der Waals surface area contributed by atoms with Gasteiger partial charge >= 0.3 is 12.4 Å². The van der Waals surface area contributed by atoms with Crippen LogP contribution >= 0.6 is 0 Å². The lowest BCUT2D eigenvalue weighted by molar-refractivity contribution is -0.143. The van der Waals surface area contributed by atoms with Crippen molar-refractivity contribution >= 4 is 5.78 Å². The highest BCUT2D eigenvalue weighted by Crippen LogP contribution is 2.43. The first-order chi connectivity index (χ1) is 18.2. The number of carbonyl (C=O) groups excluding carboxylic acids is 1. The van der Waals surface area contributed by atoms with Crippen molar-refractivity contribution in [2.45, 2.75) is 69.5 Å². The maximum atomic E-state index is 13.6. The van der Waals surface area contributed by atoms with Crippen LogP contribution in [0.1, 0.15) is 73.3 Å². The Bertz CT molecular complexity index is 1170. The SMILES string of the molecule is C[C@@H](O[C@H]1CC[C@H](CN(C)C2=CC(=O)CC2)C[C@@H]1c1ccc(F)cc1)c1cc(C(F)(F)F)cc(C(F)(F)F)c1. The summed E-state index contributed by atoms with van der Waals surface area (Å²) in [5.74, 6) is -0.372. The van der Waals surface area contributed by atoms with Gasteiger partial charge in [-0.2, -0.15) is 26.3 Å². The molecule has 2 aliphatic rings. The van der Waals surface area contributed by atoms with Crippen molar-refractivity contribution in [1.29, 1.82) is 0 Å². The Hall–Kier alpha value is -2.88. The molecule has 3 nitrogen and oxygen atoms in total. The average Bonchev–Trinajstić information content (AvgIpc) is 3.30. The number of benzene rings is 2. The molecule has 1 fully saturated rings. The van der Waals surface area contributed by atoms with Gasteiger partial charge in [-0.25, -0.2) is 4.39 Å². The molecule has 0 aromatic heterocycles. The first-order valence-electron chi connectivity index (χ1n) is 12.9. The zero-order valence-corrected chi connectivity index (χ0v) is 21.6. The van der Waals surface area contributed by atoms with Crippen molar-refractivity contribution in [2.24, 2.45) is 5.92 Å². The van der Waals surface area contributed by atoms with E-state index < -0.39 is 41.5 Å². The van der Waals surface area contributed by atoms with E-state index in [0.717, 1.165) is 17.7 Å². The number of ketones is 1. The molecule has 0 bridgehead atoms. The fraction of sp³-hybridized carbons (Fsp3) is 0.483. The maximum absolute atomic E-state index is 13.6. The van der Waals surface area contributed by atoms with Crippen LogP contribution in [0.4, 0.5) is 30.7 Å². The summed E-state index contributed by atoms with van der Waals surface area (Å²) in [5, 5.41) is 0. The molecule has 212 valence electrons. The fourth-order valence-corrected chi connectivity index (χ4v) is 5.56. The number of halogens is 7. The minimum atomic E-state index is -4.95. The number of rotatable bonds is 7. The van der Waals surface area contributed by atoms with Crippen LogP contribution in [0.3, 0.4) is 0 Å². The van der Waals surface area contributed by atoms with Crippen molar-refractivity contribution in [3.8, 4) is 0 Å². The van der Waals surface area contributed by atoms with E-state index in [9.17, 15) is 35.5 Å². The van der Waals surface area contributed by atoms with Crippen LogP contribution in [0, 0.1) is 11.7 Å². The number of nitrogens with zero attached hydrogens (tertiary/aromatic N) is 1. The minimum Gasteiger partial charge on any atom is -0.377 e. The molecule has 2 aromatic rings. The van der Waals surface area contributed by atoms with Gasteiger partial charge in [0.1, 0.15) is 5.82 Å². The summed E-state index contributed by atoms with van der Waals surface area (Å²) in [6.45, 7) is 2.13. The number of hydrogen-bond acceptors (Lipinski definition) is 3. The molecule has 0 amide bonds. The standard InChI is InChI=1S/C29H30F7NO2/c1-17(20-12-21(28(31,32)33)14-22(13-20)29(34,35)36)39-27-10-3-18(16-37(2)24-8-9-25(38)15-24)11-26(27)19-4-6-23(30)7-5-19/h4-7,12-15,17-18,26-27H,3,8-11,16H2,1-2H3/t17-,18+,26-,27+/m1/s1. The summed E-state index contributed by atoms with van der Waals surface area (Å²) in [5.41, 5.74) is -1.23. The van der Waals surface area contributed by atoms with E-state index >= 15 is 0 Å². The summed E-state index contributed by atoms with van der Waals surface area (Å²) < 4.78 is 100. The Labute approximate surface area is 222 Å². The van der Waals surface area contributed by atoms with Crippen LogP contribution in [0.15, 0.2) is 54.2 Å². The van der Waals surface area contributed by atoms with E-state index in [0.29, 0.717) is 44.4 Å². The van der Waals surface area contributed by atoms with Crippen molar-refractivity contribution in [3.05, 3.63) is 82.3 Å². The number of allylic oxidation sites excluding steroid dienone is 2. The van der Waals surface area contributed by atoms with Gasteiger partial charge in [0.25, 0.3) is 0 Å². The predicted octanol–water partition coefficient (Wildman–Crippen LogP) is 8.07. The van der Waals surface area contributed by atoms with E-state index in [-0.39, 0.29) is 29.2 Å². The van der Waals surface area contributed by atoms with E-state index in [1.165, 1.54) is 19.1 Å². The molecule has 2 aromatic carbocycles. The van der Waals surface area contributed by atoms with Crippen LogP contribution in [-0.4, -0.2) is 30.4 Å². The number of hydrogen-bond donors (Lipinski definition) is 0. The summed E-state index contributed by atoms with van der Waals surface area (Å²) >= 11 is 0. The highest BCUT2D eigenvalue weighted by Gasteiger charge is 2.39. The van der Waals surface area contributed by atoms with Gasteiger partial charge in [-0.05, 0) is 80.0 Å². The van der Waals surface area contributed by atoms with E-state index in [4.69, 9.17) is 4.74 Å². The molecule has 0 spiro atoms. The molecule has 0 N–H and O–H groups in total. The zero-order valence-electron chi connectivity index (χ0n) is 21.6. The lowest BCUT2D eigenvalue weighted by atomic mass is 9.75. The Morgan fingerprint density at radius 1 is 0.949 bits per heavy atom. The second-order valence-corrected chi connectivity index (χ2v) is 10.5. The zero-order chi connectivity index (χ0) is 28.5. The smallest absolute Gasteiger partial charge is 0.377 e. The molecule has 2 aliphatic carbocycles. The van der Waals surface area contributed by atoms with Crippen LogP contribution in [0.2, 0.25) is 0 Å². The highest BCUT2D eigenvalue weighted by molar-refractivity contribution is 5.92. The predicted molar refractivity (Wildman–Crippen MR) is 131 cm³/mol. The fourth-order valence-electron chi connectivity index (χ4n) is 5.56. The second-order valence-electron chi connectivity index (χ2n) is 10.5. The molecular weight excluding hydrogens is 527 g/mol. The Kier molecular flexibility index (Phi) is 8.44. The molecule has 1 saturated carbocycles. The molecule has 0 unspecified atom stereocenters. The lowest BCUT2D eigenvalue weighted by Gasteiger charge is -2.39. The van der Waals surface area contributed by atoms with Crippen molar-refractivity contribution in [3.63, 3.8) is 0 Å². The molecular formula is C29H30F7NO2. The Balaban J connectivity index is 1.56. The van der Waals surface area contributed by atoms with Gasteiger partial charge in [0.2, 0.25) is 0 Å². The number of carbonyl (C=O) groups is 1. The van der Waals surface area contributed by atoms with Gasteiger partial charge < -0.3 is 9.64 Å². The molecule has 0 heterocycles. The van der Waals surface area contributed by atoms with Crippen LogP contribution in [0.5, 0.6) is 0 Å². The second kappa shape index (κ2) is 11.3. The van der Waals surface area contributed by atoms with Crippen LogP contribution in [0.25, 0.3) is 0 Å². The monoisotopic (exact) mass is 557 g/mol. The van der Waals surface area contributed by atoms with Crippen molar-refractivity contribution in [2.75, 3.05) is 13.6 Å². The average molecular weight is 558 g/mol. The maximum Gasteiger partial charge on any atom is 0.416 e. The third-order valence-electron chi connectivity index (χ3n) is 7.63. The van der Waals surface area contributed by atoms with E-state index in [1.54, 1.807) is 18.2 Å². The summed E-state index contributed by atoms with van der Waals surface area (Å²) in [6, 6.07) is 7.42. The summed E-state index contributed by atoms with van der Waals surface area (Å²) in [7, 11) is 1.92. The third kappa shape index (κ3) is 7.21. The Morgan fingerprint density at radius 3 is 2.10 bits per heavy atom. The summed E-state index contributed by atoms with van der Waals surface area (Å²) in [4.78, 5) is 13.7. The van der Waals surface area contributed by atoms with Crippen molar-refractivity contribution in [1.82, 2.24) is 4.90 Å². The van der Waals surface area contributed by atoms with Gasteiger partial charge in [-0.1, -0.05) is 12.1 Å². The van der Waals surface area contributed by atoms with E-state index in [2.05, 4.69) is 4.90 Å².